The summed E-state index contributed by atoms with van der Waals surface area (Å²) in [6.45, 7) is 0. The van der Waals surface area contributed by atoms with Gasteiger partial charge < -0.3 is 4.98 Å². The maximum atomic E-state index is 10.7. The van der Waals surface area contributed by atoms with Crippen LogP contribution in [0.3, 0.4) is 0 Å². The fourth-order valence-electron chi connectivity index (χ4n) is 1.23. The quantitative estimate of drug-likeness (QED) is 0.645. The smallest absolute Gasteiger partial charge is 0.305 e. The summed E-state index contributed by atoms with van der Waals surface area (Å²) in [4.78, 5) is 16.9. The molecule has 16 heavy (non-hydrogen) atoms. The van der Waals surface area contributed by atoms with Crippen LogP contribution in [0.4, 0.5) is 0 Å². The first kappa shape index (κ1) is 10.6. The lowest BCUT2D eigenvalue weighted by Gasteiger charge is -1.92. The molecule has 1 N–H and O–H groups in total. The molecule has 2 heterocycles. The number of rotatable bonds is 0. The Morgan fingerprint density at radius 1 is 1.06 bits per heavy atom. The number of hydrogen-bond donors (Lipinski definition) is 1. The molecule has 3 rings (SSSR count). The number of thiophene rings is 1. The zero-order valence-electron chi connectivity index (χ0n) is 8.46. The van der Waals surface area contributed by atoms with Crippen LogP contribution in [0.2, 0.25) is 0 Å². The molecule has 80 valence electrons. The zero-order chi connectivity index (χ0) is 11.2. The molecule has 0 aliphatic rings. The Hall–Kier alpha value is -1.94. The SMILES string of the molecule is O=c1ncc2ccccc2[nH]1.c1ccsc1. The van der Waals surface area contributed by atoms with Crippen molar-refractivity contribution in [1.29, 1.82) is 0 Å². The number of aromatic nitrogens is 2. The number of hydrogen-bond acceptors (Lipinski definition) is 3. The summed E-state index contributed by atoms with van der Waals surface area (Å²) in [7, 11) is 0. The molecule has 1 aromatic carbocycles. The normalized spacial score (nSPS) is 9.50. The van der Waals surface area contributed by atoms with Gasteiger partial charge in [-0.25, -0.2) is 9.78 Å². The predicted molar refractivity (Wildman–Crippen MR) is 66.7 cm³/mol. The molecule has 0 bridgehead atoms. The fraction of sp³-hybridized carbons (Fsp3) is 0. The van der Waals surface area contributed by atoms with Crippen molar-refractivity contribution >= 4 is 22.2 Å². The van der Waals surface area contributed by atoms with Crippen LogP contribution in [0.25, 0.3) is 10.9 Å². The van der Waals surface area contributed by atoms with Crippen LogP contribution >= 0.6 is 11.3 Å². The third-order valence-electron chi connectivity index (χ3n) is 1.95. The van der Waals surface area contributed by atoms with Gasteiger partial charge in [-0.05, 0) is 16.8 Å². The molecule has 0 unspecified atom stereocenters. The maximum Gasteiger partial charge on any atom is 0.345 e. The Bertz CT molecular complexity index is 584. The number of para-hydroxylation sites is 1. The summed E-state index contributed by atoms with van der Waals surface area (Å²) >= 11 is 1.71. The van der Waals surface area contributed by atoms with E-state index in [4.69, 9.17) is 0 Å². The van der Waals surface area contributed by atoms with Gasteiger partial charge in [0.1, 0.15) is 0 Å². The topological polar surface area (TPSA) is 45.8 Å². The molecule has 0 amide bonds. The lowest BCUT2D eigenvalue weighted by molar-refractivity contribution is 1.12. The lowest BCUT2D eigenvalue weighted by atomic mass is 10.2. The molecule has 2 aromatic heterocycles. The predicted octanol–water partition coefficient (Wildman–Crippen LogP) is 2.67. The van der Waals surface area contributed by atoms with E-state index in [-0.39, 0.29) is 5.69 Å². The van der Waals surface area contributed by atoms with Gasteiger partial charge in [0.2, 0.25) is 0 Å². The molecule has 0 saturated carbocycles. The van der Waals surface area contributed by atoms with E-state index in [1.165, 1.54) is 0 Å². The number of benzene rings is 1. The van der Waals surface area contributed by atoms with Gasteiger partial charge >= 0.3 is 5.69 Å². The van der Waals surface area contributed by atoms with Crippen LogP contribution in [0.5, 0.6) is 0 Å². The summed E-state index contributed by atoms with van der Waals surface area (Å²) in [5.41, 5.74) is 0.524. The average molecular weight is 230 g/mol. The Morgan fingerprint density at radius 2 is 1.81 bits per heavy atom. The summed E-state index contributed by atoms with van der Waals surface area (Å²) in [6, 6.07) is 11.6. The van der Waals surface area contributed by atoms with E-state index in [2.05, 4.69) is 9.97 Å². The van der Waals surface area contributed by atoms with Crippen LogP contribution < -0.4 is 5.69 Å². The number of aromatic amines is 1. The molecule has 0 fully saturated rings. The maximum absolute atomic E-state index is 10.7. The van der Waals surface area contributed by atoms with E-state index in [1.807, 2.05) is 47.2 Å². The largest absolute Gasteiger partial charge is 0.345 e. The Morgan fingerprint density at radius 3 is 2.50 bits per heavy atom. The number of nitrogens with one attached hydrogen (secondary N) is 1. The van der Waals surface area contributed by atoms with E-state index < -0.39 is 0 Å². The van der Waals surface area contributed by atoms with Crippen molar-refractivity contribution in [2.75, 3.05) is 0 Å². The molecule has 3 nitrogen and oxygen atoms in total. The van der Waals surface area contributed by atoms with Crippen molar-refractivity contribution in [1.82, 2.24) is 9.97 Å². The minimum absolute atomic E-state index is 0.302. The summed E-state index contributed by atoms with van der Waals surface area (Å²) in [5, 5.41) is 5.03. The molecule has 0 aliphatic heterocycles. The van der Waals surface area contributed by atoms with E-state index in [1.54, 1.807) is 17.5 Å². The molecular weight excluding hydrogens is 220 g/mol. The highest BCUT2D eigenvalue weighted by molar-refractivity contribution is 7.07. The monoisotopic (exact) mass is 230 g/mol. The van der Waals surface area contributed by atoms with Crippen molar-refractivity contribution in [3.63, 3.8) is 0 Å². The van der Waals surface area contributed by atoms with Crippen molar-refractivity contribution < 1.29 is 0 Å². The zero-order valence-corrected chi connectivity index (χ0v) is 9.28. The van der Waals surface area contributed by atoms with Gasteiger partial charge in [0.05, 0.1) is 5.52 Å². The van der Waals surface area contributed by atoms with Crippen LogP contribution in [0.15, 0.2) is 58.1 Å². The third kappa shape index (κ3) is 2.77. The van der Waals surface area contributed by atoms with Crippen molar-refractivity contribution in [3.05, 3.63) is 63.8 Å². The Labute approximate surface area is 96.4 Å². The van der Waals surface area contributed by atoms with Gasteiger partial charge in [0.25, 0.3) is 0 Å². The van der Waals surface area contributed by atoms with Gasteiger partial charge in [-0.1, -0.05) is 30.3 Å². The summed E-state index contributed by atoms with van der Waals surface area (Å²) in [6.07, 6.45) is 1.56. The first-order valence-corrected chi connectivity index (χ1v) is 5.72. The highest BCUT2D eigenvalue weighted by atomic mass is 32.1. The van der Waals surface area contributed by atoms with Crippen molar-refractivity contribution in [2.45, 2.75) is 0 Å². The Balaban J connectivity index is 0.000000162. The average Bonchev–Trinajstić information content (AvgIpc) is 2.87. The molecule has 4 heteroatoms. The third-order valence-corrected chi connectivity index (χ3v) is 2.58. The minimum Gasteiger partial charge on any atom is -0.305 e. The number of H-pyrrole nitrogens is 1. The number of fused-ring (bicyclic) bond motifs is 1. The van der Waals surface area contributed by atoms with E-state index in [9.17, 15) is 4.79 Å². The molecular formula is C12H10N2OS. The summed E-state index contributed by atoms with van der Waals surface area (Å²) in [5.74, 6) is 0. The number of nitrogens with zero attached hydrogens (tertiary/aromatic N) is 1. The fourth-order valence-corrected chi connectivity index (χ4v) is 1.68. The second kappa shape index (κ2) is 5.23. The highest BCUT2D eigenvalue weighted by Crippen LogP contribution is 2.05. The van der Waals surface area contributed by atoms with Gasteiger partial charge in [-0.2, -0.15) is 11.3 Å². The van der Waals surface area contributed by atoms with Crippen LogP contribution in [-0.4, -0.2) is 9.97 Å². The van der Waals surface area contributed by atoms with E-state index in [0.717, 1.165) is 10.9 Å². The molecule has 3 aromatic rings. The second-order valence-corrected chi connectivity index (χ2v) is 3.89. The van der Waals surface area contributed by atoms with Crippen LogP contribution in [0.1, 0.15) is 0 Å². The molecule has 0 atom stereocenters. The first-order chi connectivity index (χ1) is 7.86. The standard InChI is InChI=1S/C8H6N2O.C4H4S/c11-8-9-5-6-3-1-2-4-7(6)10-8;1-2-4-5-3-1/h1-5H,(H,9,10,11);1-4H. The Kier molecular flexibility index (Phi) is 3.46. The van der Waals surface area contributed by atoms with Gasteiger partial charge in [-0.3, -0.25) is 0 Å². The van der Waals surface area contributed by atoms with Crippen molar-refractivity contribution in [3.8, 4) is 0 Å². The van der Waals surface area contributed by atoms with Gasteiger partial charge in [0.15, 0.2) is 0 Å². The van der Waals surface area contributed by atoms with Crippen LogP contribution in [0, 0.1) is 0 Å². The molecule has 0 spiro atoms. The van der Waals surface area contributed by atoms with Gasteiger partial charge in [-0.15, -0.1) is 0 Å². The first-order valence-electron chi connectivity index (χ1n) is 4.77. The molecule has 0 aliphatic carbocycles. The van der Waals surface area contributed by atoms with Crippen molar-refractivity contribution in [2.24, 2.45) is 0 Å². The van der Waals surface area contributed by atoms with E-state index >= 15 is 0 Å². The second-order valence-electron chi connectivity index (χ2n) is 3.07. The lowest BCUT2D eigenvalue weighted by Crippen LogP contribution is -2.07. The minimum atomic E-state index is -0.302. The van der Waals surface area contributed by atoms with Gasteiger partial charge in [0, 0.05) is 11.6 Å². The molecule has 0 radical (unpaired) electrons. The molecule has 0 saturated heterocycles. The summed E-state index contributed by atoms with van der Waals surface area (Å²) < 4.78 is 0. The van der Waals surface area contributed by atoms with Crippen LogP contribution in [-0.2, 0) is 0 Å². The van der Waals surface area contributed by atoms with E-state index in [0.29, 0.717) is 0 Å². The highest BCUT2D eigenvalue weighted by Gasteiger charge is 1.90.